The number of carbonyl (C=O) groups is 1. The summed E-state index contributed by atoms with van der Waals surface area (Å²) >= 11 is 0. The Morgan fingerprint density at radius 1 is 1.17 bits per heavy atom. The second-order valence-corrected chi connectivity index (χ2v) is 7.16. The van der Waals surface area contributed by atoms with E-state index in [1.807, 2.05) is 18.2 Å². The fraction of sp³-hybridized carbons (Fsp3) is 0.273. The van der Waals surface area contributed by atoms with E-state index in [0.717, 1.165) is 23.3 Å². The first kappa shape index (κ1) is 21.4. The third-order valence-electron chi connectivity index (χ3n) is 4.70. The van der Waals surface area contributed by atoms with Crippen molar-refractivity contribution in [1.82, 2.24) is 15.5 Å². The van der Waals surface area contributed by atoms with E-state index in [1.165, 1.54) is 12.1 Å². The smallest absolute Gasteiger partial charge is 0.416 e. The molecule has 158 valence electrons. The Morgan fingerprint density at radius 2 is 1.93 bits per heavy atom. The monoisotopic (exact) mass is 417 g/mol. The van der Waals surface area contributed by atoms with Crippen LogP contribution in [0.3, 0.4) is 0 Å². The van der Waals surface area contributed by atoms with Crippen LogP contribution in [0.15, 0.2) is 48.5 Å². The molecule has 1 heterocycles. The van der Waals surface area contributed by atoms with E-state index >= 15 is 0 Å². The maximum absolute atomic E-state index is 12.8. The lowest BCUT2D eigenvalue weighted by atomic mass is 9.99. The van der Waals surface area contributed by atoms with Gasteiger partial charge in [-0.2, -0.15) is 18.3 Å². The number of hydrogen-bond acceptors (Lipinski definition) is 3. The summed E-state index contributed by atoms with van der Waals surface area (Å²) in [4.78, 5) is 12.4. The minimum absolute atomic E-state index is 0.0384. The molecule has 5 nitrogen and oxygen atoms in total. The molecule has 30 heavy (non-hydrogen) atoms. The maximum atomic E-state index is 12.8. The molecule has 0 saturated heterocycles. The number of nitrogens with zero attached hydrogens (tertiary/aromatic N) is 1. The molecule has 0 unspecified atom stereocenters. The lowest BCUT2D eigenvalue weighted by molar-refractivity contribution is -0.137. The number of aromatic nitrogens is 2. The first-order chi connectivity index (χ1) is 14.2. The normalized spacial score (nSPS) is 11.6. The fourth-order valence-electron chi connectivity index (χ4n) is 3.00. The van der Waals surface area contributed by atoms with E-state index in [4.69, 9.17) is 4.74 Å². The van der Waals surface area contributed by atoms with Crippen molar-refractivity contribution < 1.29 is 22.7 Å². The second-order valence-electron chi connectivity index (χ2n) is 7.16. The largest absolute Gasteiger partial charge is 0.496 e. The van der Waals surface area contributed by atoms with Gasteiger partial charge in [0.2, 0.25) is 0 Å². The van der Waals surface area contributed by atoms with Crippen LogP contribution in [0, 0.1) is 0 Å². The molecule has 0 bridgehead atoms. The highest BCUT2D eigenvalue weighted by Gasteiger charge is 2.30. The SMILES string of the molecule is COc1ccc(C(C)C)cc1-c1cc(C(=O)NCc2cccc(C(F)(F)F)c2)[nH]n1. The van der Waals surface area contributed by atoms with Crippen LogP contribution in [0.1, 0.15) is 46.9 Å². The van der Waals surface area contributed by atoms with Crippen molar-refractivity contribution in [2.24, 2.45) is 0 Å². The maximum Gasteiger partial charge on any atom is 0.416 e. The molecule has 8 heteroatoms. The molecule has 1 amide bonds. The van der Waals surface area contributed by atoms with Gasteiger partial charge < -0.3 is 10.1 Å². The van der Waals surface area contributed by atoms with Gasteiger partial charge in [-0.3, -0.25) is 9.89 Å². The van der Waals surface area contributed by atoms with Gasteiger partial charge in [0.25, 0.3) is 5.91 Å². The molecule has 0 saturated carbocycles. The predicted molar refractivity (Wildman–Crippen MR) is 107 cm³/mol. The number of H-pyrrole nitrogens is 1. The number of rotatable bonds is 6. The van der Waals surface area contributed by atoms with Gasteiger partial charge in [0.05, 0.1) is 18.4 Å². The van der Waals surface area contributed by atoms with Gasteiger partial charge in [-0.05, 0) is 47.4 Å². The number of halogens is 3. The van der Waals surface area contributed by atoms with Crippen molar-refractivity contribution in [3.8, 4) is 17.0 Å². The van der Waals surface area contributed by atoms with E-state index in [1.54, 1.807) is 13.2 Å². The Labute approximate surface area is 172 Å². The highest BCUT2D eigenvalue weighted by atomic mass is 19.4. The second kappa shape index (κ2) is 8.61. The van der Waals surface area contributed by atoms with E-state index in [9.17, 15) is 18.0 Å². The molecule has 0 aliphatic heterocycles. The first-order valence-corrected chi connectivity index (χ1v) is 9.37. The predicted octanol–water partition coefficient (Wildman–Crippen LogP) is 5.16. The molecule has 2 N–H and O–H groups in total. The zero-order valence-electron chi connectivity index (χ0n) is 16.8. The molecule has 0 spiro atoms. The van der Waals surface area contributed by atoms with Gasteiger partial charge >= 0.3 is 6.18 Å². The summed E-state index contributed by atoms with van der Waals surface area (Å²) < 4.78 is 43.9. The summed E-state index contributed by atoms with van der Waals surface area (Å²) in [6, 6.07) is 12.2. The molecular weight excluding hydrogens is 395 g/mol. The van der Waals surface area contributed by atoms with Crippen LogP contribution in [-0.2, 0) is 12.7 Å². The number of hydrogen-bond donors (Lipinski definition) is 2. The highest BCUT2D eigenvalue weighted by molar-refractivity contribution is 5.93. The molecule has 0 atom stereocenters. The average molecular weight is 417 g/mol. The van der Waals surface area contributed by atoms with Crippen LogP contribution < -0.4 is 10.1 Å². The van der Waals surface area contributed by atoms with Gasteiger partial charge in [0.1, 0.15) is 11.4 Å². The lowest BCUT2D eigenvalue weighted by Crippen LogP contribution is -2.23. The van der Waals surface area contributed by atoms with E-state index < -0.39 is 17.6 Å². The Kier molecular flexibility index (Phi) is 6.14. The van der Waals surface area contributed by atoms with Crippen molar-refractivity contribution in [3.63, 3.8) is 0 Å². The van der Waals surface area contributed by atoms with Crippen molar-refractivity contribution in [2.45, 2.75) is 32.5 Å². The quantitative estimate of drug-likeness (QED) is 0.582. The van der Waals surface area contributed by atoms with Crippen molar-refractivity contribution in [1.29, 1.82) is 0 Å². The molecular formula is C22H22F3N3O2. The number of benzene rings is 2. The zero-order chi connectivity index (χ0) is 21.9. The average Bonchev–Trinajstić information content (AvgIpc) is 3.21. The standard InChI is InChI=1S/C22H22F3N3O2/c1-13(2)15-7-8-20(30-3)17(10-15)18-11-19(28-27-18)21(29)26-12-14-5-4-6-16(9-14)22(23,24)25/h4-11,13H,12H2,1-3H3,(H,26,29)(H,27,28). The molecule has 0 aliphatic carbocycles. The number of methoxy groups -OCH3 is 1. The fourth-order valence-corrected chi connectivity index (χ4v) is 3.00. The van der Waals surface area contributed by atoms with Crippen LogP contribution >= 0.6 is 0 Å². The number of amides is 1. The summed E-state index contributed by atoms with van der Waals surface area (Å²) in [6.45, 7) is 4.11. The number of nitrogens with one attached hydrogen (secondary N) is 2. The number of ether oxygens (including phenoxy) is 1. The summed E-state index contributed by atoms with van der Waals surface area (Å²) in [7, 11) is 1.56. The van der Waals surface area contributed by atoms with Crippen LogP contribution in [-0.4, -0.2) is 23.2 Å². The van der Waals surface area contributed by atoms with Gasteiger partial charge in [-0.1, -0.05) is 32.0 Å². The molecule has 0 fully saturated rings. The van der Waals surface area contributed by atoms with E-state index in [2.05, 4.69) is 29.4 Å². The molecule has 0 aliphatic rings. The first-order valence-electron chi connectivity index (χ1n) is 9.37. The minimum atomic E-state index is -4.43. The third-order valence-corrected chi connectivity index (χ3v) is 4.70. The molecule has 0 radical (unpaired) electrons. The summed E-state index contributed by atoms with van der Waals surface area (Å²) in [6.07, 6.45) is -4.43. The van der Waals surface area contributed by atoms with Gasteiger partial charge in [0, 0.05) is 12.1 Å². The van der Waals surface area contributed by atoms with Gasteiger partial charge in [-0.25, -0.2) is 0 Å². The topological polar surface area (TPSA) is 67.0 Å². The van der Waals surface area contributed by atoms with Crippen LogP contribution in [0.2, 0.25) is 0 Å². The minimum Gasteiger partial charge on any atom is -0.496 e. The Hall–Kier alpha value is -3.29. The van der Waals surface area contributed by atoms with Crippen molar-refractivity contribution in [3.05, 3.63) is 70.9 Å². The van der Waals surface area contributed by atoms with Crippen molar-refractivity contribution >= 4 is 5.91 Å². The molecule has 3 rings (SSSR count). The molecule has 1 aromatic heterocycles. The summed E-state index contributed by atoms with van der Waals surface area (Å²) in [5, 5.41) is 9.49. The van der Waals surface area contributed by atoms with Crippen LogP contribution in [0.5, 0.6) is 5.75 Å². The Balaban J connectivity index is 1.75. The number of carbonyl (C=O) groups excluding carboxylic acids is 1. The van der Waals surface area contributed by atoms with Gasteiger partial charge in [0.15, 0.2) is 0 Å². The van der Waals surface area contributed by atoms with E-state index in [0.29, 0.717) is 22.9 Å². The molecule has 3 aromatic rings. The highest BCUT2D eigenvalue weighted by Crippen LogP contribution is 2.32. The third kappa shape index (κ3) is 4.82. The molecule has 2 aromatic carbocycles. The van der Waals surface area contributed by atoms with Crippen LogP contribution in [0.25, 0.3) is 11.3 Å². The van der Waals surface area contributed by atoms with Crippen LogP contribution in [0.4, 0.5) is 13.2 Å². The Morgan fingerprint density at radius 3 is 2.60 bits per heavy atom. The summed E-state index contributed by atoms with van der Waals surface area (Å²) in [5.41, 5.74) is 2.19. The zero-order valence-corrected chi connectivity index (χ0v) is 16.8. The van der Waals surface area contributed by atoms with Gasteiger partial charge in [-0.15, -0.1) is 0 Å². The van der Waals surface area contributed by atoms with E-state index in [-0.39, 0.29) is 12.2 Å². The lowest BCUT2D eigenvalue weighted by Gasteiger charge is -2.11. The number of alkyl halides is 3. The Bertz CT molecular complexity index is 1040. The number of aromatic amines is 1. The summed E-state index contributed by atoms with van der Waals surface area (Å²) in [5.74, 6) is 0.468. The van der Waals surface area contributed by atoms with Crippen molar-refractivity contribution in [2.75, 3.05) is 7.11 Å².